The van der Waals surface area contributed by atoms with Crippen molar-refractivity contribution in [1.29, 1.82) is 0 Å². The first-order valence-corrected chi connectivity index (χ1v) is 11.8. The fourth-order valence-corrected chi connectivity index (χ4v) is 4.41. The fourth-order valence-electron chi connectivity index (χ4n) is 4.41. The van der Waals surface area contributed by atoms with E-state index in [2.05, 4.69) is 14.9 Å². The van der Waals surface area contributed by atoms with E-state index in [0.29, 0.717) is 25.2 Å². The van der Waals surface area contributed by atoms with Gasteiger partial charge in [0.25, 0.3) is 5.91 Å². The van der Waals surface area contributed by atoms with Gasteiger partial charge in [0.2, 0.25) is 5.91 Å². The number of nitrogens with zero attached hydrogens (tertiary/aromatic N) is 5. The zero-order valence-electron chi connectivity index (χ0n) is 19.6. The molecule has 0 spiro atoms. The van der Waals surface area contributed by atoms with Gasteiger partial charge in [0.1, 0.15) is 0 Å². The van der Waals surface area contributed by atoms with Gasteiger partial charge < -0.3 is 9.80 Å². The molecule has 2 aromatic heterocycles. The summed E-state index contributed by atoms with van der Waals surface area (Å²) in [4.78, 5) is 40.7. The molecule has 7 heteroatoms. The van der Waals surface area contributed by atoms with Crippen LogP contribution in [0.2, 0.25) is 0 Å². The van der Waals surface area contributed by atoms with Crippen LogP contribution in [0.4, 0.5) is 5.69 Å². The van der Waals surface area contributed by atoms with Crippen LogP contribution in [-0.2, 0) is 17.9 Å². The first-order chi connectivity index (χ1) is 16.6. The Kier molecular flexibility index (Phi) is 7.99. The van der Waals surface area contributed by atoms with E-state index in [4.69, 9.17) is 0 Å². The monoisotopic (exact) mass is 457 g/mol. The van der Waals surface area contributed by atoms with E-state index < -0.39 is 0 Å². The van der Waals surface area contributed by atoms with Crippen molar-refractivity contribution in [2.45, 2.75) is 32.9 Å². The number of benzene rings is 1. The molecule has 2 amide bonds. The van der Waals surface area contributed by atoms with E-state index in [1.165, 1.54) is 0 Å². The van der Waals surface area contributed by atoms with Crippen molar-refractivity contribution in [3.8, 4) is 0 Å². The largest absolute Gasteiger partial charge is 0.334 e. The topological polar surface area (TPSA) is 69.6 Å². The zero-order valence-corrected chi connectivity index (χ0v) is 19.6. The maximum Gasteiger partial charge on any atom is 0.255 e. The van der Waals surface area contributed by atoms with Gasteiger partial charge in [0.15, 0.2) is 0 Å². The maximum atomic E-state index is 13.4. The average Bonchev–Trinajstić information content (AvgIpc) is 2.86. The number of carbonyl (C=O) groups is 2. The lowest BCUT2D eigenvalue weighted by Crippen LogP contribution is -2.38. The third-order valence-electron chi connectivity index (χ3n) is 6.09. The van der Waals surface area contributed by atoms with Crippen molar-refractivity contribution in [3.63, 3.8) is 0 Å². The van der Waals surface area contributed by atoms with Crippen LogP contribution in [0.15, 0.2) is 73.2 Å². The fraction of sp³-hybridized carbons (Fsp3) is 0.333. The molecule has 0 aliphatic carbocycles. The van der Waals surface area contributed by atoms with Gasteiger partial charge in [0.05, 0.1) is 11.3 Å². The summed E-state index contributed by atoms with van der Waals surface area (Å²) < 4.78 is 0. The number of hydrogen-bond donors (Lipinski definition) is 0. The van der Waals surface area contributed by atoms with Crippen molar-refractivity contribution in [2.24, 2.45) is 0 Å². The summed E-state index contributed by atoms with van der Waals surface area (Å²) in [6.07, 6.45) is 6.80. The zero-order chi connectivity index (χ0) is 23.8. The smallest absolute Gasteiger partial charge is 0.255 e. The molecule has 0 radical (unpaired) electrons. The van der Waals surface area contributed by atoms with E-state index in [1.807, 2.05) is 58.5 Å². The maximum absolute atomic E-state index is 13.4. The highest BCUT2D eigenvalue weighted by atomic mass is 16.2. The number of anilines is 1. The van der Waals surface area contributed by atoms with Gasteiger partial charge in [-0.05, 0) is 48.7 Å². The Bertz CT molecular complexity index is 1090. The number of carbonyl (C=O) groups excluding carboxylic acids is 2. The molecule has 176 valence electrons. The van der Waals surface area contributed by atoms with E-state index in [0.717, 1.165) is 49.4 Å². The number of amides is 2. The summed E-state index contributed by atoms with van der Waals surface area (Å²) in [5.41, 5.74) is 3.43. The van der Waals surface area contributed by atoms with Crippen LogP contribution in [0.25, 0.3) is 0 Å². The summed E-state index contributed by atoms with van der Waals surface area (Å²) in [6.45, 7) is 5.71. The minimum absolute atomic E-state index is 0.00548. The molecular weight excluding hydrogens is 426 g/mol. The van der Waals surface area contributed by atoms with Crippen molar-refractivity contribution < 1.29 is 9.59 Å². The predicted molar refractivity (Wildman–Crippen MR) is 132 cm³/mol. The Labute approximate surface area is 201 Å². The Morgan fingerprint density at radius 3 is 2.41 bits per heavy atom. The van der Waals surface area contributed by atoms with E-state index in [1.54, 1.807) is 31.5 Å². The van der Waals surface area contributed by atoms with Gasteiger partial charge in [-0.2, -0.15) is 0 Å². The highest BCUT2D eigenvalue weighted by Gasteiger charge is 2.22. The normalized spacial score (nSPS) is 15.7. The molecule has 0 N–H and O–H groups in total. The molecule has 0 bridgehead atoms. The molecule has 1 aliphatic rings. The van der Waals surface area contributed by atoms with Crippen LogP contribution in [-0.4, -0.2) is 57.8 Å². The van der Waals surface area contributed by atoms with Gasteiger partial charge in [-0.3, -0.25) is 24.5 Å². The Morgan fingerprint density at radius 1 is 0.882 bits per heavy atom. The minimum Gasteiger partial charge on any atom is -0.334 e. The van der Waals surface area contributed by atoms with Crippen LogP contribution in [0, 0.1) is 0 Å². The number of fused-ring (bicyclic) bond motifs is 1. The molecule has 7 nitrogen and oxygen atoms in total. The lowest BCUT2D eigenvalue weighted by atomic mass is 10.1. The highest BCUT2D eigenvalue weighted by molar-refractivity contribution is 5.94. The second-order valence-corrected chi connectivity index (χ2v) is 8.57. The van der Waals surface area contributed by atoms with Crippen molar-refractivity contribution >= 4 is 17.5 Å². The molecule has 3 heterocycles. The lowest BCUT2D eigenvalue weighted by molar-refractivity contribution is -0.116. The Hall–Kier alpha value is -3.58. The number of para-hydroxylation sites is 1. The first-order valence-electron chi connectivity index (χ1n) is 11.8. The summed E-state index contributed by atoms with van der Waals surface area (Å²) in [7, 11) is 0. The Balaban J connectivity index is 1.62. The minimum atomic E-state index is -0.0504. The lowest BCUT2D eigenvalue weighted by Gasteiger charge is -2.31. The third kappa shape index (κ3) is 6.05. The summed E-state index contributed by atoms with van der Waals surface area (Å²) in [5, 5.41) is 0. The van der Waals surface area contributed by atoms with Crippen LogP contribution >= 0.6 is 0 Å². The third-order valence-corrected chi connectivity index (χ3v) is 6.09. The number of aromatic nitrogens is 2. The van der Waals surface area contributed by atoms with Gasteiger partial charge in [-0.25, -0.2) is 0 Å². The van der Waals surface area contributed by atoms with Gasteiger partial charge in [0, 0.05) is 70.5 Å². The van der Waals surface area contributed by atoms with Crippen molar-refractivity contribution in [3.05, 3.63) is 90.0 Å². The SMILES string of the molecule is CC(=O)N1CCCN(Cc2ccccn2)CCCN(C(=O)c2cccnc2)Cc2ccccc21. The molecule has 0 unspecified atom stereocenters. The van der Waals surface area contributed by atoms with Crippen LogP contribution < -0.4 is 4.90 Å². The first kappa shape index (κ1) is 23.6. The van der Waals surface area contributed by atoms with E-state index in [-0.39, 0.29) is 11.8 Å². The van der Waals surface area contributed by atoms with Crippen LogP contribution in [0.5, 0.6) is 0 Å². The number of rotatable bonds is 3. The molecule has 1 aromatic carbocycles. The number of hydrogen-bond acceptors (Lipinski definition) is 5. The van der Waals surface area contributed by atoms with E-state index in [9.17, 15) is 9.59 Å². The highest BCUT2D eigenvalue weighted by Crippen LogP contribution is 2.24. The molecule has 0 saturated carbocycles. The summed E-state index contributed by atoms with van der Waals surface area (Å²) in [6, 6.07) is 17.4. The molecule has 34 heavy (non-hydrogen) atoms. The molecule has 1 aliphatic heterocycles. The van der Waals surface area contributed by atoms with E-state index >= 15 is 0 Å². The summed E-state index contributed by atoms with van der Waals surface area (Å²) in [5.74, 6) is -0.0449. The Morgan fingerprint density at radius 2 is 1.68 bits per heavy atom. The average molecular weight is 458 g/mol. The predicted octanol–water partition coefficient (Wildman–Crippen LogP) is 3.77. The number of pyridine rings is 2. The second kappa shape index (κ2) is 11.5. The summed E-state index contributed by atoms with van der Waals surface area (Å²) >= 11 is 0. The van der Waals surface area contributed by atoms with Crippen LogP contribution in [0.1, 0.15) is 41.4 Å². The second-order valence-electron chi connectivity index (χ2n) is 8.57. The van der Waals surface area contributed by atoms with Crippen molar-refractivity contribution in [1.82, 2.24) is 19.8 Å². The molecule has 0 atom stereocenters. The van der Waals surface area contributed by atoms with Crippen LogP contribution in [0.3, 0.4) is 0 Å². The molecule has 4 rings (SSSR count). The quantitative estimate of drug-likeness (QED) is 0.599. The molecule has 0 saturated heterocycles. The molecule has 3 aromatic rings. The van der Waals surface area contributed by atoms with Crippen molar-refractivity contribution in [2.75, 3.05) is 31.1 Å². The van der Waals surface area contributed by atoms with Gasteiger partial charge >= 0.3 is 0 Å². The molecular formula is C27H31N5O2. The molecule has 0 fully saturated rings. The van der Waals surface area contributed by atoms with Gasteiger partial charge in [-0.15, -0.1) is 0 Å². The van der Waals surface area contributed by atoms with Gasteiger partial charge in [-0.1, -0.05) is 24.3 Å². The standard InChI is InChI=1S/C27H31N5O2/c1-22(33)32-18-8-16-30(21-25-11-4-5-14-29-25)15-7-17-31(20-24-9-2-3-12-26(24)32)27(34)23-10-6-13-28-19-23/h2-6,9-14,19H,7-8,15-18,20-21H2,1H3.